The van der Waals surface area contributed by atoms with E-state index in [0.29, 0.717) is 18.2 Å². The number of hydrogen-bond donors (Lipinski definition) is 3. The molecule has 1 unspecified atom stereocenters. The highest BCUT2D eigenvalue weighted by Gasteiger charge is 2.42. The molecule has 2 heterocycles. The van der Waals surface area contributed by atoms with E-state index < -0.39 is 42.0 Å². The maximum Gasteiger partial charge on any atom is 0.310 e. The summed E-state index contributed by atoms with van der Waals surface area (Å²) in [5.41, 5.74) is 2.92. The number of esters is 1. The first kappa shape index (κ1) is 24.6. The zero-order chi connectivity index (χ0) is 25.1. The molecule has 1 aliphatic carbocycles. The van der Waals surface area contributed by atoms with Gasteiger partial charge in [-0.3, -0.25) is 34.6 Å². The summed E-state index contributed by atoms with van der Waals surface area (Å²) < 4.78 is 4.70. The Kier molecular flexibility index (Phi) is 7.30. The number of ether oxygens (including phenoxy) is 1. The molecule has 2 aromatic rings. The molecule has 35 heavy (non-hydrogen) atoms. The summed E-state index contributed by atoms with van der Waals surface area (Å²) in [5, 5.41) is 15.3. The number of amides is 3. The van der Waals surface area contributed by atoms with Crippen LogP contribution >= 0.6 is 0 Å². The molecular formula is C25H30N4O6. The monoisotopic (exact) mass is 482 g/mol. The molecule has 0 bridgehead atoms. The van der Waals surface area contributed by atoms with E-state index in [1.54, 1.807) is 26.1 Å². The molecule has 1 aromatic heterocycles. The van der Waals surface area contributed by atoms with Crippen molar-refractivity contribution in [1.82, 2.24) is 20.7 Å². The van der Waals surface area contributed by atoms with E-state index >= 15 is 0 Å². The maximum absolute atomic E-state index is 13.6. The largest absolute Gasteiger partial charge is 0.434 e. The highest BCUT2D eigenvalue weighted by Crippen LogP contribution is 2.32. The first-order valence-corrected chi connectivity index (χ1v) is 11.9. The van der Waals surface area contributed by atoms with Gasteiger partial charge in [0.05, 0.1) is 12.3 Å². The Labute approximate surface area is 203 Å². The van der Waals surface area contributed by atoms with Crippen LogP contribution in [0.3, 0.4) is 0 Å². The average molecular weight is 483 g/mol. The lowest BCUT2D eigenvalue weighted by Crippen LogP contribution is -2.55. The minimum Gasteiger partial charge on any atom is -0.434 e. The fourth-order valence-electron chi connectivity index (χ4n) is 4.78. The van der Waals surface area contributed by atoms with Gasteiger partial charge in [0.15, 0.2) is 0 Å². The van der Waals surface area contributed by atoms with Crippen LogP contribution < -0.4 is 10.7 Å². The van der Waals surface area contributed by atoms with Gasteiger partial charge in [0.25, 0.3) is 5.91 Å². The number of pyridine rings is 1. The lowest BCUT2D eigenvalue weighted by Gasteiger charge is -2.36. The summed E-state index contributed by atoms with van der Waals surface area (Å²) >= 11 is 0. The Morgan fingerprint density at radius 1 is 1.11 bits per heavy atom. The van der Waals surface area contributed by atoms with Crippen molar-refractivity contribution in [3.8, 4) is 0 Å². The fraction of sp³-hybridized carbons (Fsp3) is 0.480. The lowest BCUT2D eigenvalue weighted by atomic mass is 9.77. The predicted octanol–water partition coefficient (Wildman–Crippen LogP) is 1.67. The Balaban J connectivity index is 1.51. The van der Waals surface area contributed by atoms with Crippen molar-refractivity contribution < 1.29 is 29.0 Å². The van der Waals surface area contributed by atoms with E-state index in [0.717, 1.165) is 18.2 Å². The third kappa shape index (κ3) is 5.27. The third-order valence-corrected chi connectivity index (χ3v) is 6.60. The highest BCUT2D eigenvalue weighted by molar-refractivity contribution is 6.05. The number of aromatic nitrogens is 1. The van der Waals surface area contributed by atoms with Gasteiger partial charge in [-0.1, -0.05) is 37.1 Å². The zero-order valence-corrected chi connectivity index (χ0v) is 19.8. The molecule has 0 spiro atoms. The molecule has 4 rings (SSSR count). The van der Waals surface area contributed by atoms with E-state index in [4.69, 9.17) is 4.74 Å². The summed E-state index contributed by atoms with van der Waals surface area (Å²) in [4.78, 5) is 55.5. The van der Waals surface area contributed by atoms with Crippen LogP contribution in [0, 0.1) is 11.8 Å². The average Bonchev–Trinajstić information content (AvgIpc) is 3.17. The number of nitrogens with zero attached hydrogens (tertiary/aromatic N) is 2. The Morgan fingerprint density at radius 2 is 1.83 bits per heavy atom. The van der Waals surface area contributed by atoms with Gasteiger partial charge in [0.1, 0.15) is 11.7 Å². The first-order chi connectivity index (χ1) is 16.8. The second-order valence-electron chi connectivity index (χ2n) is 9.32. The Hall–Kier alpha value is -3.53. The third-order valence-electron chi connectivity index (χ3n) is 6.60. The van der Waals surface area contributed by atoms with Gasteiger partial charge in [0, 0.05) is 23.5 Å². The van der Waals surface area contributed by atoms with E-state index in [-0.39, 0.29) is 24.1 Å². The van der Waals surface area contributed by atoms with Crippen LogP contribution in [0.5, 0.6) is 0 Å². The van der Waals surface area contributed by atoms with Crippen molar-refractivity contribution in [3.63, 3.8) is 0 Å². The van der Waals surface area contributed by atoms with E-state index in [1.807, 2.05) is 24.3 Å². The van der Waals surface area contributed by atoms with Crippen LogP contribution in [0.1, 0.15) is 56.4 Å². The Morgan fingerprint density at radius 3 is 2.51 bits per heavy atom. The van der Waals surface area contributed by atoms with E-state index in [9.17, 15) is 24.3 Å². The molecule has 4 atom stereocenters. The number of cyclic esters (lactones) is 1. The number of carbonyl (C=O) groups excluding carboxylic acids is 4. The van der Waals surface area contributed by atoms with E-state index in [2.05, 4.69) is 15.7 Å². The number of aliphatic hydroxyl groups excluding tert-OH is 1. The number of hydrogen-bond acceptors (Lipinski definition) is 7. The highest BCUT2D eigenvalue weighted by atomic mass is 16.6. The smallest absolute Gasteiger partial charge is 0.310 e. The molecule has 3 amide bonds. The van der Waals surface area contributed by atoms with Crippen molar-refractivity contribution in [2.45, 2.75) is 64.3 Å². The molecular weight excluding hydrogens is 452 g/mol. The fourth-order valence-corrected chi connectivity index (χ4v) is 4.78. The molecule has 186 valence electrons. The molecule has 1 saturated carbocycles. The second-order valence-corrected chi connectivity index (χ2v) is 9.32. The number of hydrazine groups is 1. The molecule has 10 nitrogen and oxygen atoms in total. The zero-order valence-electron chi connectivity index (χ0n) is 19.8. The molecule has 1 aliphatic heterocycles. The molecule has 2 aliphatic rings. The van der Waals surface area contributed by atoms with Crippen LogP contribution in [0.2, 0.25) is 0 Å². The maximum atomic E-state index is 13.6. The number of rotatable bonds is 5. The number of aliphatic hydroxyl groups is 1. The molecule has 0 radical (unpaired) electrons. The van der Waals surface area contributed by atoms with Crippen LogP contribution in [-0.2, 0) is 19.1 Å². The van der Waals surface area contributed by atoms with Crippen LogP contribution in [0.25, 0.3) is 10.8 Å². The van der Waals surface area contributed by atoms with Crippen LogP contribution in [0.15, 0.2) is 36.5 Å². The second kappa shape index (κ2) is 10.4. The summed E-state index contributed by atoms with van der Waals surface area (Å²) in [6.45, 7) is 3.56. The van der Waals surface area contributed by atoms with Crippen molar-refractivity contribution in [3.05, 3.63) is 42.2 Å². The van der Waals surface area contributed by atoms with Gasteiger partial charge in [-0.25, -0.2) is 0 Å². The van der Waals surface area contributed by atoms with Gasteiger partial charge >= 0.3 is 5.97 Å². The minimum absolute atomic E-state index is 0.121. The number of carbonyl (C=O) groups is 4. The minimum atomic E-state index is -1.40. The van der Waals surface area contributed by atoms with Gasteiger partial charge in [-0.2, -0.15) is 0 Å². The summed E-state index contributed by atoms with van der Waals surface area (Å²) in [6.07, 6.45) is 2.56. The van der Waals surface area contributed by atoms with Gasteiger partial charge in [-0.15, -0.1) is 0 Å². The lowest BCUT2D eigenvalue weighted by molar-refractivity contribution is -0.156. The normalized spacial score (nSPS) is 24.2. The van der Waals surface area contributed by atoms with Crippen molar-refractivity contribution >= 4 is 34.5 Å². The molecule has 1 aromatic carbocycles. The number of fused-ring (bicyclic) bond motifs is 1. The van der Waals surface area contributed by atoms with Crippen molar-refractivity contribution in [2.24, 2.45) is 11.8 Å². The van der Waals surface area contributed by atoms with Crippen molar-refractivity contribution in [2.75, 3.05) is 0 Å². The summed E-state index contributed by atoms with van der Waals surface area (Å²) in [5.74, 6) is -3.15. The van der Waals surface area contributed by atoms with Gasteiger partial charge in [0.2, 0.25) is 18.1 Å². The topological polar surface area (TPSA) is 138 Å². The number of benzene rings is 1. The quantitative estimate of drug-likeness (QED) is 0.435. The van der Waals surface area contributed by atoms with Crippen LogP contribution in [0.4, 0.5) is 0 Å². The van der Waals surface area contributed by atoms with Crippen LogP contribution in [-0.4, -0.2) is 57.2 Å². The molecule has 1 saturated heterocycles. The Bertz CT molecular complexity index is 1130. The SMILES string of the molecule is CC(C)N(NC(=O)c1nccc2ccccc12)C(=O)[C@@H]1CCCC[C@H]1C(=O)N[C@H]1CC(=O)OC1O. The molecule has 2 fully saturated rings. The molecule has 10 heteroatoms. The van der Waals surface area contributed by atoms with E-state index in [1.165, 1.54) is 5.01 Å². The summed E-state index contributed by atoms with van der Waals surface area (Å²) in [7, 11) is 0. The number of nitrogens with one attached hydrogen (secondary N) is 2. The standard InChI is InChI=1S/C25H30N4O6/c1-14(2)29(28-23(32)21-16-8-4-3-7-15(16)11-12-26-21)24(33)18-10-6-5-9-17(18)22(31)27-19-13-20(30)35-25(19)34/h3-4,7-8,11-12,14,17-19,25,34H,5-6,9-10,13H2,1-2H3,(H,27,31)(H,28,32)/t17-,18-,19+,25?/m1/s1. The van der Waals surface area contributed by atoms with Crippen molar-refractivity contribution in [1.29, 1.82) is 0 Å². The first-order valence-electron chi connectivity index (χ1n) is 11.9. The van der Waals surface area contributed by atoms with Gasteiger partial charge < -0.3 is 15.2 Å². The summed E-state index contributed by atoms with van der Waals surface area (Å²) in [6, 6.07) is 7.96. The predicted molar refractivity (Wildman–Crippen MR) is 125 cm³/mol. The van der Waals surface area contributed by atoms with Gasteiger partial charge in [-0.05, 0) is 38.1 Å². The molecule has 3 N–H and O–H groups in total.